The molecule has 0 saturated heterocycles. The summed E-state index contributed by atoms with van der Waals surface area (Å²) in [6, 6.07) is 0. The van der Waals surface area contributed by atoms with Gasteiger partial charge >= 0.3 is 7.32 Å². The molecule has 0 radical (unpaired) electrons. The SMILES string of the molecule is CCC(CC)(CC)N(Br)Br.OB(OCl)OCl. The fourth-order valence-corrected chi connectivity index (χ4v) is 2.74. The summed E-state index contributed by atoms with van der Waals surface area (Å²) in [4.78, 5) is 0. The maximum absolute atomic E-state index is 7.96. The number of nitrogens with zero attached hydrogens (tertiary/aromatic N) is 1. The Morgan fingerprint density at radius 2 is 1.44 bits per heavy atom. The molecule has 0 aromatic rings. The Morgan fingerprint density at radius 3 is 1.44 bits per heavy atom. The molecule has 9 heteroatoms. The van der Waals surface area contributed by atoms with E-state index in [0.29, 0.717) is 5.54 Å². The minimum Gasteiger partial charge on any atom is -0.400 e. The third-order valence-electron chi connectivity index (χ3n) is 2.49. The summed E-state index contributed by atoms with van der Waals surface area (Å²) in [5.74, 6) is 0. The van der Waals surface area contributed by atoms with Gasteiger partial charge in [-0.05, 0) is 19.3 Å². The minimum atomic E-state index is -1.53. The summed E-state index contributed by atoms with van der Waals surface area (Å²) in [6.07, 6.45) is 3.49. The predicted molar refractivity (Wildman–Crippen MR) is 75.1 cm³/mol. The van der Waals surface area contributed by atoms with Crippen molar-refractivity contribution in [3.8, 4) is 0 Å². The molecule has 0 fully saturated rings. The van der Waals surface area contributed by atoms with Gasteiger partial charge in [0, 0.05) is 61.6 Å². The summed E-state index contributed by atoms with van der Waals surface area (Å²) in [5.41, 5.74) is 0.292. The quantitative estimate of drug-likeness (QED) is 0.533. The van der Waals surface area contributed by atoms with Crippen LogP contribution in [-0.2, 0) is 8.41 Å². The maximum Gasteiger partial charge on any atom is 0.670 e. The van der Waals surface area contributed by atoms with E-state index < -0.39 is 7.32 Å². The maximum atomic E-state index is 7.96. The van der Waals surface area contributed by atoms with E-state index >= 15 is 0 Å². The summed E-state index contributed by atoms with van der Waals surface area (Å²) in [7, 11) is -1.53. The second-order valence-electron chi connectivity index (χ2n) is 3.00. The molecule has 0 aromatic carbocycles. The van der Waals surface area contributed by atoms with E-state index in [0.717, 1.165) is 19.3 Å². The molecule has 0 aliphatic heterocycles. The van der Waals surface area contributed by atoms with Crippen molar-refractivity contribution < 1.29 is 13.4 Å². The molecule has 0 bridgehead atoms. The van der Waals surface area contributed by atoms with Gasteiger partial charge in [-0.2, -0.15) is 2.95 Å². The molecule has 0 aliphatic rings. The average molecular weight is 404 g/mol. The van der Waals surface area contributed by atoms with Crippen molar-refractivity contribution in [1.82, 2.24) is 2.95 Å². The van der Waals surface area contributed by atoms with Crippen LogP contribution in [0.25, 0.3) is 0 Å². The van der Waals surface area contributed by atoms with Crippen molar-refractivity contribution in [2.45, 2.75) is 45.6 Å². The zero-order chi connectivity index (χ0) is 13.2. The van der Waals surface area contributed by atoms with E-state index in [1.807, 2.05) is 2.95 Å². The lowest BCUT2D eigenvalue weighted by Crippen LogP contribution is -2.35. The van der Waals surface area contributed by atoms with Crippen LogP contribution in [0.4, 0.5) is 0 Å². The zero-order valence-electron chi connectivity index (χ0n) is 9.42. The molecule has 0 heterocycles. The van der Waals surface area contributed by atoms with Crippen LogP contribution in [0.2, 0.25) is 0 Å². The largest absolute Gasteiger partial charge is 0.670 e. The van der Waals surface area contributed by atoms with Gasteiger partial charge in [-0.25, -0.2) is 0 Å². The Balaban J connectivity index is 0. The number of hydrogen-bond donors (Lipinski definition) is 1. The molecular formula is C7H16BBr2Cl2NO3. The second kappa shape index (κ2) is 11.5. The van der Waals surface area contributed by atoms with Gasteiger partial charge in [0.15, 0.2) is 0 Å². The Labute approximate surface area is 125 Å². The number of rotatable bonds is 6. The van der Waals surface area contributed by atoms with Crippen molar-refractivity contribution in [1.29, 1.82) is 0 Å². The molecule has 0 saturated carbocycles. The highest BCUT2D eigenvalue weighted by atomic mass is 79.9. The molecular weight excluding hydrogens is 388 g/mol. The topological polar surface area (TPSA) is 41.9 Å². The van der Waals surface area contributed by atoms with Crippen LogP contribution >= 0.6 is 56.0 Å². The van der Waals surface area contributed by atoms with Crippen LogP contribution in [0, 0.1) is 0 Å². The van der Waals surface area contributed by atoms with E-state index in [1.54, 1.807) is 0 Å². The van der Waals surface area contributed by atoms with Crippen molar-refractivity contribution in [3.63, 3.8) is 0 Å². The highest BCUT2D eigenvalue weighted by molar-refractivity contribution is 9.21. The van der Waals surface area contributed by atoms with Crippen molar-refractivity contribution >= 4 is 63.3 Å². The Bertz CT molecular complexity index is 154. The fraction of sp³-hybridized carbons (Fsp3) is 1.00. The van der Waals surface area contributed by atoms with Crippen LogP contribution in [0.1, 0.15) is 40.0 Å². The van der Waals surface area contributed by atoms with Gasteiger partial charge < -0.3 is 5.02 Å². The molecule has 1 N–H and O–H groups in total. The Kier molecular flexibility index (Phi) is 14.3. The first-order valence-electron chi connectivity index (χ1n) is 4.78. The molecule has 0 aromatic heterocycles. The van der Waals surface area contributed by atoms with Gasteiger partial charge in [-0.1, -0.05) is 20.8 Å². The average Bonchev–Trinajstić information content (AvgIpc) is 2.31. The molecule has 16 heavy (non-hydrogen) atoms. The van der Waals surface area contributed by atoms with Gasteiger partial charge in [-0.15, -0.1) is 0 Å². The lowest BCUT2D eigenvalue weighted by atomic mass is 9.91. The highest BCUT2D eigenvalue weighted by Crippen LogP contribution is 2.33. The van der Waals surface area contributed by atoms with E-state index in [-0.39, 0.29) is 0 Å². The third-order valence-corrected chi connectivity index (χ3v) is 4.29. The molecule has 0 amide bonds. The molecule has 0 aliphatic carbocycles. The van der Waals surface area contributed by atoms with E-state index in [4.69, 9.17) is 5.02 Å². The first kappa shape index (κ1) is 19.8. The van der Waals surface area contributed by atoms with Crippen molar-refractivity contribution in [3.05, 3.63) is 0 Å². The summed E-state index contributed by atoms with van der Waals surface area (Å²) >= 11 is 15.8. The van der Waals surface area contributed by atoms with Crippen LogP contribution < -0.4 is 0 Å². The van der Waals surface area contributed by atoms with Crippen molar-refractivity contribution in [2.24, 2.45) is 0 Å². The summed E-state index contributed by atoms with van der Waals surface area (Å²) in [5, 5.41) is 7.96. The lowest BCUT2D eigenvalue weighted by Gasteiger charge is -2.33. The van der Waals surface area contributed by atoms with Crippen LogP contribution in [0.5, 0.6) is 0 Å². The molecule has 98 valence electrons. The van der Waals surface area contributed by atoms with Crippen LogP contribution in [-0.4, -0.2) is 20.8 Å². The van der Waals surface area contributed by atoms with E-state index in [9.17, 15) is 0 Å². The number of hydrogen-bond acceptors (Lipinski definition) is 4. The van der Waals surface area contributed by atoms with E-state index in [2.05, 4.69) is 85.2 Å². The highest BCUT2D eigenvalue weighted by Gasteiger charge is 2.28. The zero-order valence-corrected chi connectivity index (χ0v) is 14.1. The fourth-order valence-electron chi connectivity index (χ4n) is 1.12. The molecule has 4 nitrogen and oxygen atoms in total. The van der Waals surface area contributed by atoms with Gasteiger partial charge in [0.05, 0.1) is 0 Å². The number of halogens is 4. The van der Waals surface area contributed by atoms with Gasteiger partial charge in [0.1, 0.15) is 0 Å². The standard InChI is InChI=1S/C7H15Br2N.BCl2HO3/c1-4-7(5-2,6-3)10(8)9;2-5-1(4)6-3/h4-6H2,1-3H3;4H. The van der Waals surface area contributed by atoms with E-state index in [1.165, 1.54) is 0 Å². The third kappa shape index (κ3) is 7.71. The Hall–Kier alpha value is 1.44. The molecule has 0 spiro atoms. The normalized spacial score (nSPS) is 11.1. The van der Waals surface area contributed by atoms with Gasteiger partial charge in [0.25, 0.3) is 0 Å². The van der Waals surface area contributed by atoms with Gasteiger partial charge in [0.2, 0.25) is 0 Å². The van der Waals surface area contributed by atoms with Gasteiger partial charge in [-0.3, -0.25) is 8.41 Å². The summed E-state index contributed by atoms with van der Waals surface area (Å²) in [6.45, 7) is 6.63. The van der Waals surface area contributed by atoms with Crippen molar-refractivity contribution in [2.75, 3.05) is 0 Å². The second-order valence-corrected chi connectivity index (χ2v) is 5.73. The van der Waals surface area contributed by atoms with Crippen LogP contribution in [0.15, 0.2) is 0 Å². The molecule has 0 atom stereocenters. The molecule has 0 rings (SSSR count). The molecule has 0 unspecified atom stereocenters. The summed E-state index contributed by atoms with van der Waals surface area (Å²) < 4.78 is 9.12. The predicted octanol–water partition coefficient (Wildman–Crippen LogP) is 4.18. The Morgan fingerprint density at radius 1 is 1.12 bits per heavy atom. The first-order chi connectivity index (χ1) is 7.43. The first-order valence-corrected chi connectivity index (χ1v) is 6.82. The smallest absolute Gasteiger partial charge is 0.400 e. The van der Waals surface area contributed by atoms with Crippen LogP contribution in [0.3, 0.4) is 0 Å². The monoisotopic (exact) mass is 401 g/mol. The lowest BCUT2D eigenvalue weighted by molar-refractivity contribution is 0.283. The minimum absolute atomic E-state index is 0.292.